The van der Waals surface area contributed by atoms with Crippen molar-refractivity contribution < 1.29 is 0 Å². The summed E-state index contributed by atoms with van der Waals surface area (Å²) in [6.07, 6.45) is 0. The highest BCUT2D eigenvalue weighted by atomic mass is 127. The molecule has 0 spiro atoms. The molecule has 1 heteroatoms. The fourth-order valence-electron chi connectivity index (χ4n) is 6.69. The van der Waals surface area contributed by atoms with E-state index in [0.29, 0.717) is 0 Å². The molecule has 0 aromatic heterocycles. The van der Waals surface area contributed by atoms with Gasteiger partial charge >= 0.3 is 0 Å². The van der Waals surface area contributed by atoms with Crippen LogP contribution in [-0.4, -0.2) is 3.42 Å². The smallest absolute Gasteiger partial charge is 0.0349 e. The second-order valence-electron chi connectivity index (χ2n) is 11.5. The van der Waals surface area contributed by atoms with E-state index >= 15 is 0 Å². The maximum atomic E-state index is 4.81. The molecule has 1 saturated carbocycles. The van der Waals surface area contributed by atoms with Crippen molar-refractivity contribution >= 4 is 22.6 Å². The average Bonchev–Trinajstić information content (AvgIpc) is 2.47. The third-order valence-corrected chi connectivity index (χ3v) is 13.6. The Kier molecular flexibility index (Phi) is 4.28. The van der Waals surface area contributed by atoms with E-state index in [9.17, 15) is 0 Å². The van der Waals surface area contributed by atoms with Crippen LogP contribution in [0, 0.1) is 32.5 Å². The SMILES string of the molecule is C=C1C(C)(C)C(C)(C)C(C)(I)C2(C)C(C)=C(C)C1(C)C(C)(C)C2(C)C. The van der Waals surface area contributed by atoms with Gasteiger partial charge in [-0.05, 0) is 42.4 Å². The number of hydrogen-bond donors (Lipinski definition) is 0. The number of allylic oxidation sites excluding steroid dienone is 3. The third-order valence-electron chi connectivity index (χ3n) is 11.2. The van der Waals surface area contributed by atoms with Crippen LogP contribution >= 0.6 is 22.6 Å². The predicted octanol–water partition coefficient (Wildman–Crippen LogP) is 8.22. The Morgan fingerprint density at radius 3 is 1.44 bits per heavy atom. The van der Waals surface area contributed by atoms with Gasteiger partial charge in [-0.15, -0.1) is 0 Å². The Morgan fingerprint density at radius 2 is 1.04 bits per heavy atom. The van der Waals surface area contributed by atoms with Crippen LogP contribution in [0.3, 0.4) is 0 Å². The summed E-state index contributed by atoms with van der Waals surface area (Å²) in [5.74, 6) is 0. The predicted molar refractivity (Wildman–Crippen MR) is 121 cm³/mol. The minimum Gasteiger partial charge on any atom is -0.0984 e. The summed E-state index contributed by atoms with van der Waals surface area (Å²) in [6.45, 7) is 37.0. The fourth-order valence-corrected chi connectivity index (χ4v) is 8.45. The van der Waals surface area contributed by atoms with Crippen LogP contribution in [-0.2, 0) is 0 Å². The van der Waals surface area contributed by atoms with Crippen LogP contribution in [0.5, 0.6) is 0 Å². The molecule has 0 aromatic carbocycles. The highest BCUT2D eigenvalue weighted by Gasteiger charge is 2.74. The topological polar surface area (TPSA) is 0 Å². The number of fused-ring (bicyclic) bond motifs is 4. The zero-order valence-corrected chi connectivity index (χ0v) is 21.2. The Morgan fingerprint density at radius 1 is 0.640 bits per heavy atom. The molecule has 3 aliphatic carbocycles. The lowest BCUT2D eigenvalue weighted by Gasteiger charge is -2.76. The maximum Gasteiger partial charge on any atom is 0.0349 e. The van der Waals surface area contributed by atoms with Crippen molar-refractivity contribution in [1.29, 1.82) is 0 Å². The minimum absolute atomic E-state index is 0.00595. The van der Waals surface area contributed by atoms with Crippen LogP contribution in [0.4, 0.5) is 0 Å². The molecule has 1 fully saturated rings. The minimum atomic E-state index is -0.00595. The van der Waals surface area contributed by atoms with Gasteiger partial charge < -0.3 is 0 Å². The summed E-state index contributed by atoms with van der Waals surface area (Å²) in [5.41, 5.74) is 5.00. The molecule has 2 bridgehead atoms. The van der Waals surface area contributed by atoms with Crippen molar-refractivity contribution in [2.24, 2.45) is 32.5 Å². The first-order valence-corrected chi connectivity index (χ1v) is 10.9. The molecule has 25 heavy (non-hydrogen) atoms. The molecular formula is C24H41I. The normalized spacial score (nSPS) is 44.5. The van der Waals surface area contributed by atoms with E-state index in [1.54, 1.807) is 11.1 Å². The molecule has 0 amide bonds. The van der Waals surface area contributed by atoms with E-state index in [0.717, 1.165) is 0 Å². The van der Waals surface area contributed by atoms with Gasteiger partial charge in [0.25, 0.3) is 0 Å². The fraction of sp³-hybridized carbons (Fsp3) is 0.833. The van der Waals surface area contributed by atoms with Crippen molar-refractivity contribution in [3.63, 3.8) is 0 Å². The zero-order valence-electron chi connectivity index (χ0n) is 19.1. The van der Waals surface area contributed by atoms with Gasteiger partial charge in [-0.3, -0.25) is 0 Å². The summed E-state index contributed by atoms with van der Waals surface area (Å²) < 4.78 is 0.0814. The Hall–Kier alpha value is 0.210. The van der Waals surface area contributed by atoms with Crippen LogP contribution in [0.15, 0.2) is 23.3 Å². The second kappa shape index (κ2) is 4.97. The third kappa shape index (κ3) is 1.77. The standard InChI is InChI=1S/C24H41I/c1-15-16(2)23(13)21(10,11)20(8,9)22(15,12)17(3)18(4,5)19(6,7)24(23,14)25/h3H2,1-2,4-14H3. The molecule has 0 N–H and O–H groups in total. The van der Waals surface area contributed by atoms with Gasteiger partial charge in [0.1, 0.15) is 0 Å². The van der Waals surface area contributed by atoms with E-state index in [1.807, 2.05) is 0 Å². The zero-order chi connectivity index (χ0) is 20.2. The molecule has 0 radical (unpaired) electrons. The van der Waals surface area contributed by atoms with E-state index in [4.69, 9.17) is 6.58 Å². The Bertz CT molecular complexity index is 668. The first kappa shape index (κ1) is 21.5. The summed E-state index contributed by atoms with van der Waals surface area (Å²) in [7, 11) is 0. The van der Waals surface area contributed by atoms with Gasteiger partial charge in [-0.25, -0.2) is 0 Å². The highest BCUT2D eigenvalue weighted by molar-refractivity contribution is 14.1. The van der Waals surface area contributed by atoms with E-state index in [1.165, 1.54) is 5.57 Å². The van der Waals surface area contributed by atoms with Crippen LogP contribution in [0.25, 0.3) is 0 Å². The lowest BCUT2D eigenvalue weighted by molar-refractivity contribution is -0.149. The Labute approximate surface area is 171 Å². The van der Waals surface area contributed by atoms with Gasteiger partial charge in [0.15, 0.2) is 0 Å². The summed E-state index contributed by atoms with van der Waals surface area (Å²) >= 11 is 2.81. The molecule has 3 unspecified atom stereocenters. The second-order valence-corrected chi connectivity index (χ2v) is 13.6. The average molecular weight is 456 g/mol. The molecule has 0 heterocycles. The molecule has 144 valence electrons. The number of alkyl halides is 1. The molecule has 3 atom stereocenters. The van der Waals surface area contributed by atoms with Crippen molar-refractivity contribution in [3.8, 4) is 0 Å². The van der Waals surface area contributed by atoms with E-state index < -0.39 is 0 Å². The van der Waals surface area contributed by atoms with Crippen molar-refractivity contribution in [1.82, 2.24) is 0 Å². The molecule has 0 aromatic rings. The van der Waals surface area contributed by atoms with Gasteiger partial charge in [0, 0.05) is 14.3 Å². The van der Waals surface area contributed by atoms with Gasteiger partial charge in [0.2, 0.25) is 0 Å². The molecular weight excluding hydrogens is 415 g/mol. The lowest BCUT2D eigenvalue weighted by atomic mass is 9.30. The number of hydrogen-bond acceptors (Lipinski definition) is 0. The van der Waals surface area contributed by atoms with Crippen molar-refractivity contribution in [2.45, 2.75) is 93.4 Å². The Balaban J connectivity index is 3.21. The first-order chi connectivity index (χ1) is 10.7. The van der Waals surface area contributed by atoms with E-state index in [-0.39, 0.29) is 35.9 Å². The van der Waals surface area contributed by atoms with Gasteiger partial charge in [-0.2, -0.15) is 0 Å². The van der Waals surface area contributed by atoms with Crippen molar-refractivity contribution in [3.05, 3.63) is 23.3 Å². The molecule has 0 saturated heterocycles. The monoisotopic (exact) mass is 456 g/mol. The van der Waals surface area contributed by atoms with Crippen LogP contribution < -0.4 is 0 Å². The number of rotatable bonds is 0. The van der Waals surface area contributed by atoms with E-state index in [2.05, 4.69) is 113 Å². The number of halogens is 1. The molecule has 0 aliphatic heterocycles. The molecule has 3 aliphatic rings. The molecule has 3 rings (SSSR count). The maximum absolute atomic E-state index is 4.81. The van der Waals surface area contributed by atoms with Crippen LogP contribution in [0.2, 0.25) is 0 Å². The molecule has 0 nitrogen and oxygen atoms in total. The highest BCUT2D eigenvalue weighted by Crippen LogP contribution is 2.80. The van der Waals surface area contributed by atoms with Gasteiger partial charge in [0.05, 0.1) is 0 Å². The summed E-state index contributed by atoms with van der Waals surface area (Å²) in [5, 5.41) is 0. The quantitative estimate of drug-likeness (QED) is 0.196. The largest absolute Gasteiger partial charge is 0.0984 e. The van der Waals surface area contributed by atoms with Gasteiger partial charge in [-0.1, -0.05) is 115 Å². The summed E-state index contributed by atoms with van der Waals surface area (Å²) in [4.78, 5) is 0. The summed E-state index contributed by atoms with van der Waals surface area (Å²) in [6, 6.07) is 0. The van der Waals surface area contributed by atoms with Crippen LogP contribution in [0.1, 0.15) is 90.0 Å². The lowest BCUT2D eigenvalue weighted by Crippen LogP contribution is -2.72. The first-order valence-electron chi connectivity index (χ1n) is 9.79. The van der Waals surface area contributed by atoms with Crippen molar-refractivity contribution in [2.75, 3.05) is 0 Å².